The van der Waals surface area contributed by atoms with Crippen LogP contribution in [0.3, 0.4) is 0 Å². The Morgan fingerprint density at radius 2 is 1.83 bits per heavy atom. The summed E-state index contributed by atoms with van der Waals surface area (Å²) in [6.45, 7) is -0.181. The molecule has 10 heteroatoms. The summed E-state index contributed by atoms with van der Waals surface area (Å²) in [4.78, 5) is 12.5. The minimum absolute atomic E-state index is 0.0771. The number of nitrogens with one attached hydrogen (secondary N) is 1. The molecule has 0 aliphatic carbocycles. The van der Waals surface area contributed by atoms with Crippen LogP contribution in [-0.4, -0.2) is 40.3 Å². The fourth-order valence-corrected chi connectivity index (χ4v) is 5.78. The fourth-order valence-electron chi connectivity index (χ4n) is 3.23. The van der Waals surface area contributed by atoms with E-state index >= 15 is 0 Å². The van der Waals surface area contributed by atoms with Gasteiger partial charge in [-0.15, -0.1) is 0 Å². The van der Waals surface area contributed by atoms with Crippen LogP contribution in [0.4, 0.5) is 10.1 Å². The van der Waals surface area contributed by atoms with Gasteiger partial charge in [-0.3, -0.25) is 9.10 Å². The molecule has 0 bridgehead atoms. The van der Waals surface area contributed by atoms with Gasteiger partial charge in [-0.2, -0.15) is 11.8 Å². The maximum Gasteiger partial charge on any atom is 0.264 e. The van der Waals surface area contributed by atoms with Crippen LogP contribution >= 0.6 is 23.4 Å². The molecule has 1 N–H and O–H groups in total. The minimum atomic E-state index is -4.21. The van der Waals surface area contributed by atoms with Crippen LogP contribution in [0.2, 0.25) is 5.02 Å². The number of methoxy groups -OCH3 is 1. The monoisotopic (exact) mass is 536 g/mol. The van der Waals surface area contributed by atoms with Crippen molar-refractivity contribution in [2.24, 2.45) is 0 Å². The van der Waals surface area contributed by atoms with Gasteiger partial charge in [0.15, 0.2) is 0 Å². The number of thioether (sulfide) groups is 1. The van der Waals surface area contributed by atoms with Crippen LogP contribution in [0.15, 0.2) is 77.7 Å². The first-order valence-electron chi connectivity index (χ1n) is 10.8. The second-order valence-electron chi connectivity index (χ2n) is 7.52. The van der Waals surface area contributed by atoms with Gasteiger partial charge in [0.25, 0.3) is 10.0 Å². The average Bonchev–Trinajstić information content (AvgIpc) is 2.85. The van der Waals surface area contributed by atoms with E-state index in [0.29, 0.717) is 23.7 Å². The molecule has 6 nitrogen and oxygen atoms in total. The number of halogens is 2. The Balaban J connectivity index is 1.61. The lowest BCUT2D eigenvalue weighted by atomic mass is 10.2. The molecule has 0 radical (unpaired) electrons. The second-order valence-corrected chi connectivity index (χ2v) is 10.9. The summed E-state index contributed by atoms with van der Waals surface area (Å²) in [6, 6.07) is 18.8. The summed E-state index contributed by atoms with van der Waals surface area (Å²) in [5.74, 6) is 0.816. The molecule has 0 fully saturated rings. The van der Waals surface area contributed by atoms with Crippen LogP contribution < -0.4 is 14.4 Å². The third-order valence-electron chi connectivity index (χ3n) is 5.00. The molecule has 186 valence electrons. The summed E-state index contributed by atoms with van der Waals surface area (Å²) < 4.78 is 47.0. The van der Waals surface area contributed by atoms with Crippen molar-refractivity contribution in [1.29, 1.82) is 0 Å². The van der Waals surface area contributed by atoms with Gasteiger partial charge in [-0.1, -0.05) is 35.9 Å². The zero-order valence-electron chi connectivity index (χ0n) is 19.1. The molecule has 0 aromatic heterocycles. The van der Waals surface area contributed by atoms with E-state index in [4.69, 9.17) is 16.3 Å². The molecule has 0 saturated heterocycles. The molecule has 0 spiro atoms. The number of hydrogen-bond donors (Lipinski definition) is 1. The summed E-state index contributed by atoms with van der Waals surface area (Å²) in [6.07, 6.45) is 0.696. The lowest BCUT2D eigenvalue weighted by Crippen LogP contribution is -2.41. The summed E-state index contributed by atoms with van der Waals surface area (Å²) in [5.41, 5.74) is 0.923. The van der Waals surface area contributed by atoms with Gasteiger partial charge in [-0.25, -0.2) is 12.8 Å². The van der Waals surface area contributed by atoms with Gasteiger partial charge in [0.05, 0.1) is 17.7 Å². The number of amides is 1. The molecule has 35 heavy (non-hydrogen) atoms. The summed E-state index contributed by atoms with van der Waals surface area (Å²) >= 11 is 7.70. The number of para-hydroxylation sites is 1. The van der Waals surface area contributed by atoms with Crippen LogP contribution in [0, 0.1) is 5.82 Å². The first-order chi connectivity index (χ1) is 16.8. The normalized spacial score (nSPS) is 11.2. The number of hydrogen-bond acceptors (Lipinski definition) is 5. The van der Waals surface area contributed by atoms with E-state index in [2.05, 4.69) is 5.32 Å². The Morgan fingerprint density at radius 1 is 1.09 bits per heavy atom. The largest absolute Gasteiger partial charge is 0.497 e. The number of ether oxygens (including phenoxy) is 1. The van der Waals surface area contributed by atoms with Crippen LogP contribution in [-0.2, 0) is 20.6 Å². The maximum atomic E-state index is 14.5. The Morgan fingerprint density at radius 3 is 2.51 bits per heavy atom. The average molecular weight is 537 g/mol. The smallest absolute Gasteiger partial charge is 0.264 e. The van der Waals surface area contributed by atoms with Gasteiger partial charge < -0.3 is 10.1 Å². The number of carbonyl (C=O) groups is 1. The van der Waals surface area contributed by atoms with Crippen molar-refractivity contribution in [3.05, 3.63) is 89.2 Å². The number of carbonyl (C=O) groups excluding carboxylic acids is 1. The van der Waals surface area contributed by atoms with Crippen molar-refractivity contribution < 1.29 is 22.3 Å². The number of benzene rings is 3. The molecule has 1 amide bonds. The van der Waals surface area contributed by atoms with Crippen LogP contribution in [0.5, 0.6) is 5.75 Å². The molecule has 0 atom stereocenters. The molecular weight excluding hydrogens is 511 g/mol. The molecule has 0 unspecified atom stereocenters. The molecule has 0 aliphatic rings. The number of nitrogens with zero attached hydrogens (tertiary/aromatic N) is 1. The topological polar surface area (TPSA) is 75.7 Å². The quantitative estimate of drug-likeness (QED) is 0.325. The third-order valence-corrected chi connectivity index (χ3v) is 8.13. The first-order valence-corrected chi connectivity index (χ1v) is 13.8. The van der Waals surface area contributed by atoms with E-state index in [1.807, 2.05) is 24.3 Å². The summed E-state index contributed by atoms with van der Waals surface area (Å²) in [7, 11) is -2.74. The Bertz CT molecular complexity index is 1240. The Hall–Kier alpha value is -2.75. The highest BCUT2D eigenvalue weighted by Gasteiger charge is 2.29. The molecule has 3 rings (SSSR count). The van der Waals surface area contributed by atoms with E-state index in [1.54, 1.807) is 11.8 Å². The SMILES string of the molecule is COc1ccc(S(=O)(=O)N(CC(=O)NCCCSCc2cccc(Cl)c2)c2ccccc2F)cc1. The van der Waals surface area contributed by atoms with Gasteiger partial charge in [-0.05, 0) is 66.3 Å². The molecule has 3 aromatic carbocycles. The highest BCUT2D eigenvalue weighted by atomic mass is 35.5. The maximum absolute atomic E-state index is 14.5. The predicted octanol–water partition coefficient (Wildman–Crippen LogP) is 5.12. The highest BCUT2D eigenvalue weighted by molar-refractivity contribution is 7.98. The number of rotatable bonds is 12. The highest BCUT2D eigenvalue weighted by Crippen LogP contribution is 2.27. The van der Waals surface area contributed by atoms with Gasteiger partial charge in [0, 0.05) is 17.3 Å². The Labute approximate surface area is 214 Å². The van der Waals surface area contributed by atoms with E-state index in [0.717, 1.165) is 27.4 Å². The second kappa shape index (κ2) is 12.8. The fraction of sp³-hybridized carbons (Fsp3) is 0.240. The lowest BCUT2D eigenvalue weighted by Gasteiger charge is -2.24. The zero-order chi connectivity index (χ0) is 25.3. The van der Waals surface area contributed by atoms with E-state index in [-0.39, 0.29) is 10.6 Å². The van der Waals surface area contributed by atoms with Crippen LogP contribution in [0.25, 0.3) is 0 Å². The van der Waals surface area contributed by atoms with Crippen molar-refractivity contribution in [2.45, 2.75) is 17.1 Å². The van der Waals surface area contributed by atoms with Crippen molar-refractivity contribution in [3.8, 4) is 5.75 Å². The number of sulfonamides is 1. The van der Waals surface area contributed by atoms with Gasteiger partial charge in [0.1, 0.15) is 18.1 Å². The van der Waals surface area contributed by atoms with Crippen molar-refractivity contribution in [3.63, 3.8) is 0 Å². The molecule has 0 heterocycles. The standard InChI is InChI=1S/C25H26ClFN2O4S2/c1-33-21-10-12-22(13-11-21)35(31,32)29(24-9-3-2-8-23(24)27)17-25(30)28-14-5-15-34-18-19-6-4-7-20(26)16-19/h2-4,6-13,16H,5,14-15,17-18H2,1H3,(H,28,30). The number of anilines is 1. The van der Waals surface area contributed by atoms with E-state index in [9.17, 15) is 17.6 Å². The van der Waals surface area contributed by atoms with E-state index < -0.39 is 28.3 Å². The molecule has 0 aliphatic heterocycles. The van der Waals surface area contributed by atoms with E-state index in [1.165, 1.54) is 49.6 Å². The minimum Gasteiger partial charge on any atom is -0.497 e. The molecular formula is C25H26ClFN2O4S2. The van der Waals surface area contributed by atoms with Crippen molar-refractivity contribution in [1.82, 2.24) is 5.32 Å². The molecule has 3 aromatic rings. The summed E-state index contributed by atoms with van der Waals surface area (Å²) in [5, 5.41) is 3.42. The van der Waals surface area contributed by atoms with Gasteiger partial charge in [0.2, 0.25) is 5.91 Å². The molecule has 0 saturated carbocycles. The zero-order valence-corrected chi connectivity index (χ0v) is 21.5. The Kier molecular flexibility index (Phi) is 9.83. The van der Waals surface area contributed by atoms with Crippen molar-refractivity contribution >= 4 is 45.0 Å². The van der Waals surface area contributed by atoms with Crippen molar-refractivity contribution in [2.75, 3.05) is 30.3 Å². The third kappa shape index (κ3) is 7.62. The lowest BCUT2D eigenvalue weighted by molar-refractivity contribution is -0.119. The van der Waals surface area contributed by atoms with Gasteiger partial charge >= 0.3 is 0 Å². The van der Waals surface area contributed by atoms with Crippen LogP contribution in [0.1, 0.15) is 12.0 Å². The predicted molar refractivity (Wildman–Crippen MR) is 139 cm³/mol. The first kappa shape index (κ1) is 26.8.